The predicted molar refractivity (Wildman–Crippen MR) is 48.1 cm³/mol. The molecule has 0 amide bonds. The molecule has 0 aromatic carbocycles. The molecule has 0 aromatic rings. The van der Waals surface area contributed by atoms with Crippen molar-refractivity contribution < 1.29 is 19.7 Å². The molecule has 1 unspecified atom stereocenters. The topological polar surface area (TPSA) is 66.8 Å². The summed E-state index contributed by atoms with van der Waals surface area (Å²) in [5, 5.41) is 17.5. The number of aliphatic hydroxyl groups excluding tert-OH is 2. The molecule has 0 fully saturated rings. The number of ether oxygens (including phenoxy) is 1. The summed E-state index contributed by atoms with van der Waals surface area (Å²) >= 11 is 0. The van der Waals surface area contributed by atoms with Crippen LogP contribution in [0.2, 0.25) is 0 Å². The first kappa shape index (κ1) is 12.4. The number of rotatable bonds is 5. The normalized spacial score (nSPS) is 13.9. The van der Waals surface area contributed by atoms with Crippen LogP contribution in [0.1, 0.15) is 20.8 Å². The lowest BCUT2D eigenvalue weighted by Crippen LogP contribution is -2.31. The largest absolute Gasteiger partial charge is 0.465 e. The van der Waals surface area contributed by atoms with Crippen LogP contribution in [-0.4, -0.2) is 36.0 Å². The third-order valence-electron chi connectivity index (χ3n) is 1.76. The van der Waals surface area contributed by atoms with Crippen molar-refractivity contribution in [3.63, 3.8) is 0 Å². The van der Waals surface area contributed by atoms with E-state index in [2.05, 4.69) is 0 Å². The van der Waals surface area contributed by atoms with Gasteiger partial charge in [-0.25, -0.2) is 0 Å². The quantitative estimate of drug-likeness (QED) is 0.607. The van der Waals surface area contributed by atoms with E-state index in [1.807, 2.05) is 0 Å². The highest BCUT2D eigenvalue weighted by atomic mass is 16.5. The van der Waals surface area contributed by atoms with Crippen LogP contribution in [0.25, 0.3) is 0 Å². The molecule has 1 atom stereocenters. The molecule has 13 heavy (non-hydrogen) atoms. The highest BCUT2D eigenvalue weighted by molar-refractivity contribution is 5.75. The van der Waals surface area contributed by atoms with Gasteiger partial charge in [0.2, 0.25) is 0 Å². The second-order valence-electron chi connectivity index (χ2n) is 3.93. The van der Waals surface area contributed by atoms with E-state index in [0.717, 1.165) is 0 Å². The van der Waals surface area contributed by atoms with E-state index in [0.29, 0.717) is 0 Å². The SMILES string of the molecule is CC(CO)COC(=O)C(C)(C)CO. The first-order valence-corrected chi connectivity index (χ1v) is 4.33. The molecule has 0 saturated heterocycles. The third-order valence-corrected chi connectivity index (χ3v) is 1.76. The van der Waals surface area contributed by atoms with Gasteiger partial charge < -0.3 is 14.9 Å². The minimum atomic E-state index is -0.852. The maximum Gasteiger partial charge on any atom is 0.313 e. The number of hydrogen-bond donors (Lipinski definition) is 2. The number of carbonyl (C=O) groups is 1. The number of esters is 1. The Labute approximate surface area is 78.5 Å². The van der Waals surface area contributed by atoms with E-state index in [-0.39, 0.29) is 25.7 Å². The summed E-state index contributed by atoms with van der Waals surface area (Å²) in [4.78, 5) is 11.3. The Balaban J connectivity index is 3.88. The molecule has 0 spiro atoms. The van der Waals surface area contributed by atoms with Crippen LogP contribution in [0, 0.1) is 11.3 Å². The molecule has 4 nitrogen and oxygen atoms in total. The Morgan fingerprint density at radius 1 is 1.46 bits per heavy atom. The van der Waals surface area contributed by atoms with Crippen LogP contribution in [-0.2, 0) is 9.53 Å². The molecule has 78 valence electrons. The van der Waals surface area contributed by atoms with Crippen LogP contribution in [0.3, 0.4) is 0 Å². The third kappa shape index (κ3) is 4.24. The molecule has 0 aromatic heterocycles. The summed E-state index contributed by atoms with van der Waals surface area (Å²) in [6.07, 6.45) is 0. The number of aliphatic hydroxyl groups is 2. The van der Waals surface area contributed by atoms with Crippen molar-refractivity contribution in [3.05, 3.63) is 0 Å². The van der Waals surface area contributed by atoms with Crippen molar-refractivity contribution in [2.75, 3.05) is 19.8 Å². The molecule has 0 rings (SSSR count). The molecule has 0 aliphatic heterocycles. The van der Waals surface area contributed by atoms with Crippen LogP contribution in [0.5, 0.6) is 0 Å². The number of carbonyl (C=O) groups excluding carboxylic acids is 1. The standard InChI is InChI=1S/C9H18O4/c1-7(4-10)5-13-8(12)9(2,3)6-11/h7,10-11H,4-6H2,1-3H3. The van der Waals surface area contributed by atoms with Gasteiger partial charge in [0, 0.05) is 12.5 Å². The minimum absolute atomic E-state index is 0.00711. The average molecular weight is 190 g/mol. The zero-order valence-electron chi connectivity index (χ0n) is 8.41. The maximum absolute atomic E-state index is 11.3. The first-order valence-electron chi connectivity index (χ1n) is 4.33. The van der Waals surface area contributed by atoms with E-state index in [9.17, 15) is 4.79 Å². The van der Waals surface area contributed by atoms with E-state index < -0.39 is 11.4 Å². The van der Waals surface area contributed by atoms with E-state index >= 15 is 0 Å². The van der Waals surface area contributed by atoms with E-state index in [4.69, 9.17) is 14.9 Å². The Morgan fingerprint density at radius 3 is 2.38 bits per heavy atom. The van der Waals surface area contributed by atoms with Gasteiger partial charge in [-0.15, -0.1) is 0 Å². The van der Waals surface area contributed by atoms with Crippen molar-refractivity contribution >= 4 is 5.97 Å². The Kier molecular flexibility index (Phi) is 4.95. The smallest absolute Gasteiger partial charge is 0.313 e. The monoisotopic (exact) mass is 190 g/mol. The van der Waals surface area contributed by atoms with Crippen molar-refractivity contribution in [3.8, 4) is 0 Å². The fourth-order valence-corrected chi connectivity index (χ4v) is 0.531. The summed E-state index contributed by atoms with van der Waals surface area (Å²) in [6, 6.07) is 0. The van der Waals surface area contributed by atoms with E-state index in [1.165, 1.54) is 0 Å². The van der Waals surface area contributed by atoms with Crippen LogP contribution in [0.15, 0.2) is 0 Å². The molecule has 0 saturated carbocycles. The van der Waals surface area contributed by atoms with Gasteiger partial charge in [0.15, 0.2) is 0 Å². The lowest BCUT2D eigenvalue weighted by molar-refractivity contribution is -0.157. The minimum Gasteiger partial charge on any atom is -0.465 e. The molecule has 4 heteroatoms. The molecule has 0 aliphatic rings. The van der Waals surface area contributed by atoms with Gasteiger partial charge in [-0.3, -0.25) is 4.79 Å². The zero-order valence-corrected chi connectivity index (χ0v) is 8.41. The molecular formula is C9H18O4. The number of hydrogen-bond acceptors (Lipinski definition) is 4. The second kappa shape index (κ2) is 5.19. The highest BCUT2D eigenvalue weighted by Gasteiger charge is 2.28. The van der Waals surface area contributed by atoms with Gasteiger partial charge in [-0.1, -0.05) is 6.92 Å². The Hall–Kier alpha value is -0.610. The van der Waals surface area contributed by atoms with E-state index in [1.54, 1.807) is 20.8 Å². The van der Waals surface area contributed by atoms with Crippen molar-refractivity contribution in [1.82, 2.24) is 0 Å². The lowest BCUT2D eigenvalue weighted by atomic mass is 9.95. The van der Waals surface area contributed by atoms with Gasteiger partial charge in [0.05, 0.1) is 18.6 Å². The summed E-state index contributed by atoms with van der Waals surface area (Å²) in [5.74, 6) is -0.492. The predicted octanol–water partition coefficient (Wildman–Crippen LogP) is 0.176. The average Bonchev–Trinajstić information content (AvgIpc) is 2.13. The summed E-state index contributed by atoms with van der Waals surface area (Å²) < 4.78 is 4.89. The Morgan fingerprint density at radius 2 is 2.00 bits per heavy atom. The summed E-state index contributed by atoms with van der Waals surface area (Å²) in [6.45, 7) is 4.95. The molecule has 0 radical (unpaired) electrons. The van der Waals surface area contributed by atoms with Crippen molar-refractivity contribution in [1.29, 1.82) is 0 Å². The molecule has 0 aliphatic carbocycles. The van der Waals surface area contributed by atoms with Gasteiger partial charge >= 0.3 is 5.97 Å². The zero-order chi connectivity index (χ0) is 10.5. The van der Waals surface area contributed by atoms with Crippen LogP contribution < -0.4 is 0 Å². The van der Waals surface area contributed by atoms with Gasteiger partial charge in [-0.2, -0.15) is 0 Å². The molecule has 2 N–H and O–H groups in total. The van der Waals surface area contributed by atoms with Crippen LogP contribution in [0.4, 0.5) is 0 Å². The van der Waals surface area contributed by atoms with Crippen LogP contribution >= 0.6 is 0 Å². The van der Waals surface area contributed by atoms with Gasteiger partial charge in [0.25, 0.3) is 0 Å². The summed E-state index contributed by atoms with van der Waals surface area (Å²) in [5.41, 5.74) is -0.852. The molecule has 0 bridgehead atoms. The highest BCUT2D eigenvalue weighted by Crippen LogP contribution is 2.16. The molecule has 0 heterocycles. The Bertz CT molecular complexity index is 165. The fraction of sp³-hybridized carbons (Fsp3) is 0.889. The lowest BCUT2D eigenvalue weighted by Gasteiger charge is -2.20. The maximum atomic E-state index is 11.3. The van der Waals surface area contributed by atoms with Gasteiger partial charge in [0.1, 0.15) is 0 Å². The fourth-order valence-electron chi connectivity index (χ4n) is 0.531. The van der Waals surface area contributed by atoms with Crippen molar-refractivity contribution in [2.24, 2.45) is 11.3 Å². The van der Waals surface area contributed by atoms with Crippen molar-refractivity contribution in [2.45, 2.75) is 20.8 Å². The molecular weight excluding hydrogens is 172 g/mol. The first-order chi connectivity index (χ1) is 5.94. The summed E-state index contributed by atoms with van der Waals surface area (Å²) in [7, 11) is 0. The second-order valence-corrected chi connectivity index (χ2v) is 3.93. The van der Waals surface area contributed by atoms with Gasteiger partial charge in [-0.05, 0) is 13.8 Å².